The lowest BCUT2D eigenvalue weighted by Crippen LogP contribution is -2.19. The fourth-order valence-electron chi connectivity index (χ4n) is 4.99. The summed E-state index contributed by atoms with van der Waals surface area (Å²) in [5, 5.41) is 3.30. The molecular weight excluding hydrogens is 479 g/mol. The molecule has 0 amide bonds. The van der Waals surface area contributed by atoms with Crippen LogP contribution in [0.4, 0.5) is 4.39 Å². The van der Waals surface area contributed by atoms with E-state index in [1.54, 1.807) is 18.3 Å². The number of aliphatic imine (C=N–C) groups is 3. The summed E-state index contributed by atoms with van der Waals surface area (Å²) in [7, 11) is 3.87. The Hall–Kier alpha value is -5.05. The summed E-state index contributed by atoms with van der Waals surface area (Å²) in [4.78, 5) is 24.4. The van der Waals surface area contributed by atoms with Crippen molar-refractivity contribution in [2.45, 2.75) is 6.92 Å². The molecule has 0 unspecified atom stereocenters. The van der Waals surface area contributed by atoms with Gasteiger partial charge in [-0.15, -0.1) is 0 Å². The van der Waals surface area contributed by atoms with Crippen LogP contribution in [0.2, 0.25) is 0 Å². The SMILES string of the molecule is CC1=C2C=CC(=N2)C(=C2NC=CN2C)c2ccc([nH]2)C(F)=C2C=CC(=N2)C(c2nccn2C)=C2C=CC1=N2. The molecule has 9 heteroatoms. The molecule has 2 N–H and O–H groups in total. The average Bonchev–Trinajstić information content (AvgIpc) is 3.74. The van der Waals surface area contributed by atoms with Crippen LogP contribution in [-0.2, 0) is 7.05 Å². The van der Waals surface area contributed by atoms with Crippen LogP contribution >= 0.6 is 0 Å². The first-order valence-corrected chi connectivity index (χ1v) is 12.2. The van der Waals surface area contributed by atoms with Crippen LogP contribution in [0.15, 0.2) is 117 Å². The maximum absolute atomic E-state index is 15.8. The van der Waals surface area contributed by atoms with Crippen LogP contribution in [0.1, 0.15) is 24.1 Å². The molecule has 0 atom stereocenters. The summed E-state index contributed by atoms with van der Waals surface area (Å²) in [6, 6.07) is 3.60. The summed E-state index contributed by atoms with van der Waals surface area (Å²) >= 11 is 0. The predicted molar refractivity (Wildman–Crippen MR) is 148 cm³/mol. The Balaban J connectivity index is 1.50. The number of halogens is 1. The Labute approximate surface area is 218 Å². The van der Waals surface area contributed by atoms with E-state index in [2.05, 4.69) is 20.3 Å². The summed E-state index contributed by atoms with van der Waals surface area (Å²) in [6.07, 6.45) is 18.8. The number of H-pyrrole nitrogens is 1. The minimum Gasteiger partial charge on any atom is -0.352 e. The molecule has 0 radical (unpaired) electrons. The lowest BCUT2D eigenvalue weighted by Gasteiger charge is -2.17. The first-order chi connectivity index (χ1) is 18.5. The Morgan fingerprint density at radius 2 is 1.47 bits per heavy atom. The van der Waals surface area contributed by atoms with Crippen LogP contribution in [0.3, 0.4) is 0 Å². The quantitative estimate of drug-likeness (QED) is 0.588. The van der Waals surface area contributed by atoms with Crippen LogP contribution in [0.5, 0.6) is 0 Å². The molecule has 8 nitrogen and oxygen atoms in total. The number of aromatic amines is 1. The number of hydrogen-bond acceptors (Lipinski definition) is 6. The molecule has 2 aromatic heterocycles. The first-order valence-electron chi connectivity index (χ1n) is 12.2. The van der Waals surface area contributed by atoms with Crippen molar-refractivity contribution in [2.24, 2.45) is 22.0 Å². The van der Waals surface area contributed by atoms with Gasteiger partial charge in [0.15, 0.2) is 5.83 Å². The second-order valence-electron chi connectivity index (χ2n) is 9.40. The van der Waals surface area contributed by atoms with Gasteiger partial charge in [-0.25, -0.2) is 24.4 Å². The van der Waals surface area contributed by atoms with Crippen LogP contribution in [0, 0.1) is 0 Å². The second kappa shape index (κ2) is 8.24. The summed E-state index contributed by atoms with van der Waals surface area (Å²) in [5.41, 5.74) is 7.54. The number of hydrogen-bond donors (Lipinski definition) is 2. The third kappa shape index (κ3) is 3.36. The van der Waals surface area contributed by atoms with Gasteiger partial charge < -0.3 is 19.8 Å². The molecule has 2 aromatic rings. The van der Waals surface area contributed by atoms with Crippen molar-refractivity contribution in [3.63, 3.8) is 0 Å². The highest BCUT2D eigenvalue weighted by atomic mass is 19.1. The van der Waals surface area contributed by atoms with Crippen LogP contribution in [-0.4, -0.2) is 43.6 Å². The van der Waals surface area contributed by atoms with E-state index in [-0.39, 0.29) is 5.70 Å². The molecule has 0 spiro atoms. The largest absolute Gasteiger partial charge is 0.352 e. The number of nitrogens with zero attached hydrogens (tertiary/aromatic N) is 6. The third-order valence-corrected chi connectivity index (χ3v) is 7.03. The molecule has 7 rings (SSSR count). The van der Waals surface area contributed by atoms with Crippen molar-refractivity contribution in [2.75, 3.05) is 7.05 Å². The number of aromatic nitrogens is 3. The highest BCUT2D eigenvalue weighted by Gasteiger charge is 2.27. The zero-order valence-corrected chi connectivity index (χ0v) is 21.0. The van der Waals surface area contributed by atoms with Gasteiger partial charge in [-0.1, -0.05) is 0 Å². The third-order valence-electron chi connectivity index (χ3n) is 7.03. The first kappa shape index (κ1) is 22.2. The van der Waals surface area contributed by atoms with Crippen molar-refractivity contribution in [1.82, 2.24) is 24.8 Å². The van der Waals surface area contributed by atoms with E-state index in [9.17, 15) is 0 Å². The second-order valence-corrected chi connectivity index (χ2v) is 9.40. The smallest absolute Gasteiger partial charge is 0.172 e. The topological polar surface area (TPSA) is 86.0 Å². The Morgan fingerprint density at radius 1 is 0.789 bits per heavy atom. The van der Waals surface area contributed by atoms with E-state index in [1.807, 2.05) is 85.5 Å². The lowest BCUT2D eigenvalue weighted by molar-refractivity contribution is 0.574. The van der Waals surface area contributed by atoms with Gasteiger partial charge in [-0.05, 0) is 55.5 Å². The van der Waals surface area contributed by atoms with Gasteiger partial charge in [0.2, 0.25) is 0 Å². The Bertz CT molecular complexity index is 1770. The zero-order chi connectivity index (χ0) is 26.0. The maximum atomic E-state index is 15.8. The Kier molecular flexibility index (Phi) is 4.81. The van der Waals surface area contributed by atoms with Crippen LogP contribution in [0.25, 0.3) is 17.0 Å². The Morgan fingerprint density at radius 3 is 2.24 bits per heavy atom. The van der Waals surface area contributed by atoms with E-state index in [0.717, 1.165) is 45.4 Å². The molecule has 186 valence electrons. The minimum atomic E-state index is -0.444. The number of fused-ring (bicyclic) bond motifs is 5. The molecule has 38 heavy (non-hydrogen) atoms. The summed E-state index contributed by atoms with van der Waals surface area (Å²) in [5.74, 6) is 1.10. The molecular formula is C29H23FN8. The highest BCUT2D eigenvalue weighted by Crippen LogP contribution is 2.34. The normalized spacial score (nSPS) is 21.8. The number of allylic oxidation sites excluding steroid dienone is 9. The van der Waals surface area contributed by atoms with Gasteiger partial charge in [0, 0.05) is 44.5 Å². The highest BCUT2D eigenvalue weighted by molar-refractivity contribution is 6.33. The van der Waals surface area contributed by atoms with Gasteiger partial charge in [-0.3, -0.25) is 0 Å². The summed E-state index contributed by atoms with van der Waals surface area (Å²) in [6.45, 7) is 2.02. The van der Waals surface area contributed by atoms with E-state index < -0.39 is 5.83 Å². The molecule has 0 fully saturated rings. The standard InChI is InChI=1S/C29H23FN8/c1-16-17-4-6-19(33-17)25(28-31-12-14-37(28)2)21-8-10-23(35-21)27(30)24-11-9-22(36-24)26(20-7-5-18(16)34-20)29-32-13-15-38(29)3/h4-15,31,35H,1-3H3. The lowest BCUT2D eigenvalue weighted by atomic mass is 10.1. The van der Waals surface area contributed by atoms with E-state index >= 15 is 4.39 Å². The van der Waals surface area contributed by atoms with Gasteiger partial charge in [0.05, 0.1) is 51.1 Å². The number of nitrogens with one attached hydrogen (secondary N) is 2. The summed E-state index contributed by atoms with van der Waals surface area (Å²) < 4.78 is 17.7. The molecule has 5 aliphatic rings. The van der Waals surface area contributed by atoms with Crippen molar-refractivity contribution in [3.05, 3.63) is 119 Å². The molecule has 0 saturated heterocycles. The molecule has 5 aliphatic heterocycles. The molecule has 8 bridgehead atoms. The monoisotopic (exact) mass is 502 g/mol. The number of rotatable bonds is 1. The molecule has 0 aromatic carbocycles. The zero-order valence-electron chi connectivity index (χ0n) is 21.0. The van der Waals surface area contributed by atoms with Crippen molar-refractivity contribution >= 4 is 34.1 Å². The number of aryl methyl sites for hydroxylation is 1. The van der Waals surface area contributed by atoms with E-state index in [4.69, 9.17) is 9.98 Å². The van der Waals surface area contributed by atoms with Crippen molar-refractivity contribution < 1.29 is 4.39 Å². The fraction of sp³-hybridized carbons (Fsp3) is 0.103. The van der Waals surface area contributed by atoms with Crippen LogP contribution < -0.4 is 5.32 Å². The number of imidazole rings is 1. The van der Waals surface area contributed by atoms with Crippen molar-refractivity contribution in [3.8, 4) is 0 Å². The minimum absolute atomic E-state index is 0.238. The van der Waals surface area contributed by atoms with Gasteiger partial charge in [-0.2, -0.15) is 0 Å². The molecule has 0 aliphatic carbocycles. The molecule has 0 saturated carbocycles. The van der Waals surface area contributed by atoms with Gasteiger partial charge in [0.25, 0.3) is 0 Å². The van der Waals surface area contributed by atoms with Gasteiger partial charge >= 0.3 is 0 Å². The van der Waals surface area contributed by atoms with E-state index in [0.29, 0.717) is 22.9 Å². The maximum Gasteiger partial charge on any atom is 0.172 e. The van der Waals surface area contributed by atoms with E-state index in [1.165, 1.54) is 0 Å². The fourth-order valence-corrected chi connectivity index (χ4v) is 4.99. The molecule has 7 heterocycles. The van der Waals surface area contributed by atoms with Gasteiger partial charge in [0.1, 0.15) is 17.3 Å². The average molecular weight is 503 g/mol. The predicted octanol–water partition coefficient (Wildman–Crippen LogP) is 4.79. The van der Waals surface area contributed by atoms with Crippen molar-refractivity contribution in [1.29, 1.82) is 0 Å².